The number of pyridine rings is 1. The maximum atomic E-state index is 13.2. The second-order valence-corrected chi connectivity index (χ2v) is 3.26. The second-order valence-electron chi connectivity index (χ2n) is 3.26. The number of ether oxygens (including phenoxy) is 1. The predicted molar refractivity (Wildman–Crippen MR) is 54.5 cm³/mol. The highest BCUT2D eigenvalue weighted by atomic mass is 19.3. The minimum Gasteiger partial charge on any atom is -0.461 e. The fourth-order valence-corrected chi connectivity index (χ4v) is 1.13. The Morgan fingerprint density at radius 1 is 1.47 bits per heavy atom. The first-order valence-electron chi connectivity index (χ1n) is 4.95. The Morgan fingerprint density at radius 3 is 2.71 bits per heavy atom. The number of esters is 1. The molecule has 0 amide bonds. The molecule has 0 aromatic carbocycles. The number of ketones is 1. The Morgan fingerprint density at radius 2 is 2.18 bits per heavy atom. The van der Waals surface area contributed by atoms with Crippen molar-refractivity contribution in [2.45, 2.75) is 19.3 Å². The van der Waals surface area contributed by atoms with E-state index in [9.17, 15) is 18.4 Å². The smallest absolute Gasteiger partial charge is 0.400 e. The minimum atomic E-state index is -4.11. The number of hydrogen-bond donors (Lipinski definition) is 0. The van der Waals surface area contributed by atoms with Gasteiger partial charge in [-0.1, -0.05) is 6.07 Å². The molecular formula is C11H11F2NO3. The molecule has 0 spiro atoms. The molecule has 0 unspecified atom stereocenters. The van der Waals surface area contributed by atoms with Crippen molar-refractivity contribution >= 4 is 11.8 Å². The molecule has 17 heavy (non-hydrogen) atoms. The van der Waals surface area contributed by atoms with Gasteiger partial charge in [-0.15, -0.1) is 0 Å². The van der Waals surface area contributed by atoms with E-state index in [2.05, 4.69) is 9.72 Å². The van der Waals surface area contributed by atoms with Crippen molar-refractivity contribution in [1.29, 1.82) is 0 Å². The average Bonchev–Trinajstić information content (AvgIpc) is 2.30. The first-order chi connectivity index (χ1) is 7.98. The minimum absolute atomic E-state index is 0.200. The SMILES string of the molecule is CCOC(=O)C(F)(F)C(=O)Cc1cccnc1. The zero-order valence-electron chi connectivity index (χ0n) is 9.15. The lowest BCUT2D eigenvalue weighted by Gasteiger charge is -2.12. The van der Waals surface area contributed by atoms with Gasteiger partial charge in [-0.05, 0) is 18.6 Å². The van der Waals surface area contributed by atoms with Crippen molar-refractivity contribution in [2.24, 2.45) is 0 Å². The van der Waals surface area contributed by atoms with E-state index in [1.54, 1.807) is 0 Å². The van der Waals surface area contributed by atoms with E-state index in [1.165, 1.54) is 31.5 Å². The topological polar surface area (TPSA) is 56.3 Å². The number of halogens is 2. The lowest BCUT2D eigenvalue weighted by Crippen LogP contribution is -2.40. The van der Waals surface area contributed by atoms with Crippen LogP contribution in [0.15, 0.2) is 24.5 Å². The highest BCUT2D eigenvalue weighted by Crippen LogP contribution is 2.19. The predicted octanol–water partition coefficient (Wildman–Crippen LogP) is 1.39. The summed E-state index contributed by atoms with van der Waals surface area (Å²) in [6.45, 7) is 1.19. The number of rotatable bonds is 5. The summed E-state index contributed by atoms with van der Waals surface area (Å²) in [5.74, 6) is -7.41. The zero-order chi connectivity index (χ0) is 12.9. The summed E-state index contributed by atoms with van der Waals surface area (Å²) in [6, 6.07) is 3.00. The monoisotopic (exact) mass is 243 g/mol. The molecule has 0 fully saturated rings. The Kier molecular flexibility index (Phi) is 4.25. The quantitative estimate of drug-likeness (QED) is 0.579. The molecule has 0 aliphatic carbocycles. The van der Waals surface area contributed by atoms with E-state index in [-0.39, 0.29) is 6.61 Å². The Hall–Kier alpha value is -1.85. The molecular weight excluding hydrogens is 232 g/mol. The Balaban J connectivity index is 2.73. The van der Waals surface area contributed by atoms with Gasteiger partial charge in [0.15, 0.2) is 0 Å². The summed E-state index contributed by atoms with van der Waals surface area (Å²) >= 11 is 0. The van der Waals surface area contributed by atoms with Crippen LogP contribution < -0.4 is 0 Å². The number of alkyl halides is 2. The fourth-order valence-electron chi connectivity index (χ4n) is 1.13. The fraction of sp³-hybridized carbons (Fsp3) is 0.364. The van der Waals surface area contributed by atoms with Gasteiger partial charge in [0.25, 0.3) is 0 Å². The summed E-state index contributed by atoms with van der Waals surface area (Å²) in [5, 5.41) is 0. The third-order valence-electron chi connectivity index (χ3n) is 1.97. The summed E-state index contributed by atoms with van der Waals surface area (Å²) in [4.78, 5) is 25.8. The van der Waals surface area contributed by atoms with Crippen LogP contribution in [0.5, 0.6) is 0 Å². The van der Waals surface area contributed by atoms with Crippen LogP contribution in [0.3, 0.4) is 0 Å². The molecule has 0 atom stereocenters. The van der Waals surface area contributed by atoms with Gasteiger partial charge in [-0.25, -0.2) is 4.79 Å². The standard InChI is InChI=1S/C11H11F2NO3/c1-2-17-10(16)11(12,13)9(15)6-8-4-3-5-14-7-8/h3-5,7H,2,6H2,1H3. The molecule has 92 valence electrons. The van der Waals surface area contributed by atoms with Crippen LogP contribution in [0.2, 0.25) is 0 Å². The van der Waals surface area contributed by atoms with Gasteiger partial charge < -0.3 is 4.74 Å². The molecule has 1 heterocycles. The molecule has 6 heteroatoms. The highest BCUT2D eigenvalue weighted by molar-refractivity contribution is 6.05. The van der Waals surface area contributed by atoms with E-state index in [0.29, 0.717) is 5.56 Å². The first kappa shape index (κ1) is 13.2. The Bertz CT molecular complexity index is 406. The third kappa shape index (κ3) is 3.30. The molecule has 0 aliphatic rings. The van der Waals surface area contributed by atoms with Crippen molar-refractivity contribution < 1.29 is 23.1 Å². The summed E-state index contributed by atoms with van der Waals surface area (Å²) in [6.07, 6.45) is 2.19. The van der Waals surface area contributed by atoms with Gasteiger partial charge in [0.05, 0.1) is 6.61 Å². The molecule has 0 saturated heterocycles. The third-order valence-corrected chi connectivity index (χ3v) is 1.97. The molecule has 1 aromatic rings. The van der Waals surface area contributed by atoms with E-state index in [4.69, 9.17) is 0 Å². The van der Waals surface area contributed by atoms with Crippen molar-refractivity contribution in [1.82, 2.24) is 4.98 Å². The van der Waals surface area contributed by atoms with Crippen molar-refractivity contribution in [3.63, 3.8) is 0 Å². The number of carbonyl (C=O) groups is 2. The molecule has 0 aliphatic heterocycles. The molecule has 0 radical (unpaired) electrons. The van der Waals surface area contributed by atoms with Crippen LogP contribution in [0.4, 0.5) is 8.78 Å². The molecule has 0 N–H and O–H groups in total. The van der Waals surface area contributed by atoms with Crippen LogP contribution in [-0.4, -0.2) is 29.3 Å². The van der Waals surface area contributed by atoms with Gasteiger partial charge in [0, 0.05) is 18.8 Å². The molecule has 1 rings (SSSR count). The number of nitrogens with zero attached hydrogens (tertiary/aromatic N) is 1. The lowest BCUT2D eigenvalue weighted by atomic mass is 10.1. The van der Waals surface area contributed by atoms with Crippen molar-refractivity contribution in [2.75, 3.05) is 6.61 Å². The van der Waals surface area contributed by atoms with Gasteiger partial charge in [0.2, 0.25) is 5.78 Å². The van der Waals surface area contributed by atoms with Crippen LogP contribution >= 0.6 is 0 Å². The molecule has 4 nitrogen and oxygen atoms in total. The van der Waals surface area contributed by atoms with Crippen LogP contribution in [0.1, 0.15) is 12.5 Å². The van der Waals surface area contributed by atoms with E-state index >= 15 is 0 Å². The van der Waals surface area contributed by atoms with Crippen LogP contribution in [0, 0.1) is 0 Å². The summed E-state index contributed by atoms with van der Waals surface area (Å²) in [7, 11) is 0. The van der Waals surface area contributed by atoms with Gasteiger partial charge in [-0.2, -0.15) is 8.78 Å². The van der Waals surface area contributed by atoms with Gasteiger partial charge >= 0.3 is 11.9 Å². The Labute approximate surface area is 96.6 Å². The van der Waals surface area contributed by atoms with E-state index in [0.717, 1.165) is 0 Å². The lowest BCUT2D eigenvalue weighted by molar-refractivity contribution is -0.176. The number of hydrogen-bond acceptors (Lipinski definition) is 4. The van der Waals surface area contributed by atoms with E-state index in [1.807, 2.05) is 0 Å². The zero-order valence-corrected chi connectivity index (χ0v) is 9.15. The molecule has 1 aromatic heterocycles. The number of Topliss-reactive ketones (excluding diaryl/α,β-unsaturated/α-hetero) is 1. The maximum Gasteiger partial charge on any atom is 0.400 e. The van der Waals surface area contributed by atoms with E-state index < -0.39 is 24.1 Å². The average molecular weight is 243 g/mol. The van der Waals surface area contributed by atoms with Gasteiger partial charge in [0.1, 0.15) is 0 Å². The largest absolute Gasteiger partial charge is 0.461 e. The second kappa shape index (κ2) is 5.47. The number of carbonyl (C=O) groups excluding carboxylic acids is 2. The van der Waals surface area contributed by atoms with Crippen molar-refractivity contribution in [3.8, 4) is 0 Å². The normalized spacial score (nSPS) is 11.0. The van der Waals surface area contributed by atoms with Gasteiger partial charge in [-0.3, -0.25) is 9.78 Å². The summed E-state index contributed by atoms with van der Waals surface area (Å²) < 4.78 is 30.6. The summed E-state index contributed by atoms with van der Waals surface area (Å²) in [5.41, 5.74) is 0.321. The van der Waals surface area contributed by atoms with Crippen molar-refractivity contribution in [3.05, 3.63) is 30.1 Å². The maximum absolute atomic E-state index is 13.2. The van der Waals surface area contributed by atoms with Crippen LogP contribution in [-0.2, 0) is 20.7 Å². The first-order valence-corrected chi connectivity index (χ1v) is 4.95. The molecule has 0 bridgehead atoms. The highest BCUT2D eigenvalue weighted by Gasteiger charge is 2.48. The molecule has 0 saturated carbocycles. The number of aromatic nitrogens is 1. The van der Waals surface area contributed by atoms with Crippen LogP contribution in [0.25, 0.3) is 0 Å².